The Morgan fingerprint density at radius 3 is 2.06 bits per heavy atom. The van der Waals surface area contributed by atoms with Crippen molar-refractivity contribution in [1.29, 1.82) is 0 Å². The lowest BCUT2D eigenvalue weighted by Gasteiger charge is -2.12. The first-order chi connectivity index (χ1) is 16.1. The number of esters is 1. The second-order valence-electron chi connectivity index (χ2n) is 7.49. The summed E-state index contributed by atoms with van der Waals surface area (Å²) in [6.07, 6.45) is -2.98. The van der Waals surface area contributed by atoms with Gasteiger partial charge in [-0.2, -0.15) is 13.2 Å². The molecule has 0 aromatic heterocycles. The minimum atomic E-state index is -4.49. The summed E-state index contributed by atoms with van der Waals surface area (Å²) in [4.78, 5) is 24.1. The van der Waals surface area contributed by atoms with Crippen LogP contribution in [0.3, 0.4) is 0 Å². The van der Waals surface area contributed by atoms with Crippen molar-refractivity contribution in [3.8, 4) is 5.75 Å². The van der Waals surface area contributed by atoms with Gasteiger partial charge in [0, 0.05) is 11.4 Å². The van der Waals surface area contributed by atoms with E-state index in [0.29, 0.717) is 11.3 Å². The first-order valence-corrected chi connectivity index (χ1v) is 10.3. The fourth-order valence-electron chi connectivity index (χ4n) is 3.15. The summed E-state index contributed by atoms with van der Waals surface area (Å²) in [5.41, 5.74) is 9.05. The smallest absolute Gasteiger partial charge is 0.422 e. The van der Waals surface area contributed by atoms with E-state index < -0.39 is 18.7 Å². The lowest BCUT2D eigenvalue weighted by atomic mass is 10.0. The van der Waals surface area contributed by atoms with Crippen molar-refractivity contribution in [3.63, 3.8) is 0 Å². The van der Waals surface area contributed by atoms with Crippen LogP contribution in [0.15, 0.2) is 66.7 Å². The fraction of sp³-hybridized carbons (Fsp3) is 0.200. The average molecular weight is 472 g/mol. The van der Waals surface area contributed by atoms with Crippen molar-refractivity contribution in [1.82, 2.24) is 0 Å². The topological polar surface area (TPSA) is 90.6 Å². The number of rotatable bonds is 8. The van der Waals surface area contributed by atoms with Crippen molar-refractivity contribution >= 4 is 23.3 Å². The van der Waals surface area contributed by atoms with Crippen LogP contribution in [0.5, 0.6) is 5.75 Å². The predicted octanol–water partition coefficient (Wildman–Crippen LogP) is 5.03. The molecule has 0 unspecified atom stereocenters. The molecule has 178 valence electrons. The van der Waals surface area contributed by atoms with Gasteiger partial charge in [0.25, 0.3) is 5.91 Å². The Hall–Kier alpha value is -4.01. The van der Waals surface area contributed by atoms with Gasteiger partial charge >= 0.3 is 12.1 Å². The van der Waals surface area contributed by atoms with Crippen LogP contribution in [0, 0.1) is 0 Å². The lowest BCUT2D eigenvalue weighted by molar-refractivity contribution is -0.153. The number of nitrogens with one attached hydrogen (secondary N) is 1. The number of benzene rings is 3. The van der Waals surface area contributed by atoms with E-state index >= 15 is 0 Å². The lowest BCUT2D eigenvalue weighted by Crippen LogP contribution is -2.20. The number of alkyl halides is 3. The summed E-state index contributed by atoms with van der Waals surface area (Å²) in [7, 11) is 1.33. The number of ether oxygens (including phenoxy) is 2. The molecule has 0 atom stereocenters. The number of nitrogen functional groups attached to an aromatic ring is 1. The number of methoxy groups -OCH3 is 1. The van der Waals surface area contributed by atoms with Gasteiger partial charge in [0.2, 0.25) is 0 Å². The molecule has 0 aliphatic heterocycles. The van der Waals surface area contributed by atoms with Crippen LogP contribution < -0.4 is 15.8 Å². The standard InChI is InChI=1S/C25H23F3N2O4/c1-33-24(32)18-8-4-16(5-9-18)2-3-17-6-10-19(11-7-17)30-23(31)21-14-20(12-13-22(21)29)34-15-25(26,27)28/h4-14H,2-3,15,29H2,1H3,(H,30,31). The molecule has 0 aliphatic carbocycles. The molecular weight excluding hydrogens is 449 g/mol. The van der Waals surface area contributed by atoms with E-state index in [-0.39, 0.29) is 23.0 Å². The molecule has 34 heavy (non-hydrogen) atoms. The second kappa shape index (κ2) is 10.7. The van der Waals surface area contributed by atoms with Crippen LogP contribution in [0.25, 0.3) is 0 Å². The molecule has 0 saturated heterocycles. The van der Waals surface area contributed by atoms with Gasteiger partial charge in [0.15, 0.2) is 6.61 Å². The molecule has 0 saturated carbocycles. The van der Waals surface area contributed by atoms with Crippen molar-refractivity contribution in [3.05, 3.63) is 89.0 Å². The normalized spacial score (nSPS) is 11.1. The molecule has 0 heterocycles. The number of nitrogens with two attached hydrogens (primary N) is 1. The van der Waals surface area contributed by atoms with Crippen molar-refractivity contribution < 1.29 is 32.2 Å². The molecule has 0 spiro atoms. The molecule has 0 radical (unpaired) electrons. The molecule has 0 fully saturated rings. The van der Waals surface area contributed by atoms with Crippen LogP contribution in [-0.4, -0.2) is 31.8 Å². The zero-order valence-electron chi connectivity index (χ0n) is 18.3. The maximum absolute atomic E-state index is 12.6. The summed E-state index contributed by atoms with van der Waals surface area (Å²) in [6, 6.07) is 18.1. The minimum Gasteiger partial charge on any atom is -0.484 e. The summed E-state index contributed by atoms with van der Waals surface area (Å²) in [6.45, 7) is -1.46. The number of carbonyl (C=O) groups is 2. The largest absolute Gasteiger partial charge is 0.484 e. The van der Waals surface area contributed by atoms with E-state index in [1.807, 2.05) is 24.3 Å². The van der Waals surface area contributed by atoms with E-state index in [4.69, 9.17) is 5.73 Å². The Labute approximate surface area is 194 Å². The maximum Gasteiger partial charge on any atom is 0.422 e. The van der Waals surface area contributed by atoms with Gasteiger partial charge in [-0.3, -0.25) is 4.79 Å². The first kappa shape index (κ1) is 24.6. The Morgan fingerprint density at radius 1 is 0.912 bits per heavy atom. The van der Waals surface area contributed by atoms with E-state index in [2.05, 4.69) is 14.8 Å². The Balaban J connectivity index is 1.58. The summed E-state index contributed by atoms with van der Waals surface area (Å²) in [5, 5.41) is 2.68. The van der Waals surface area contributed by atoms with Crippen LogP contribution >= 0.6 is 0 Å². The van der Waals surface area contributed by atoms with Crippen LogP contribution in [0.2, 0.25) is 0 Å². The van der Waals surface area contributed by atoms with Gasteiger partial charge < -0.3 is 20.5 Å². The Morgan fingerprint density at radius 2 is 1.50 bits per heavy atom. The first-order valence-electron chi connectivity index (χ1n) is 10.3. The number of aryl methyl sites for hydroxylation is 2. The van der Waals surface area contributed by atoms with E-state index in [1.54, 1.807) is 24.3 Å². The predicted molar refractivity (Wildman–Crippen MR) is 122 cm³/mol. The molecule has 0 bridgehead atoms. The van der Waals surface area contributed by atoms with Gasteiger partial charge in [0.05, 0.1) is 18.2 Å². The summed E-state index contributed by atoms with van der Waals surface area (Å²) in [5.74, 6) is -1.05. The van der Waals surface area contributed by atoms with Crippen molar-refractivity contribution in [2.24, 2.45) is 0 Å². The van der Waals surface area contributed by atoms with Crippen LogP contribution in [0.1, 0.15) is 31.8 Å². The van der Waals surface area contributed by atoms with Gasteiger partial charge in [0.1, 0.15) is 5.75 Å². The average Bonchev–Trinajstić information content (AvgIpc) is 2.82. The number of anilines is 2. The van der Waals surface area contributed by atoms with E-state index in [9.17, 15) is 22.8 Å². The second-order valence-corrected chi connectivity index (χ2v) is 7.49. The highest BCUT2D eigenvalue weighted by molar-refractivity contribution is 6.08. The number of hydrogen-bond donors (Lipinski definition) is 2. The molecule has 0 aliphatic rings. The third kappa shape index (κ3) is 6.99. The highest BCUT2D eigenvalue weighted by Gasteiger charge is 2.28. The Kier molecular flexibility index (Phi) is 7.78. The maximum atomic E-state index is 12.6. The fourth-order valence-corrected chi connectivity index (χ4v) is 3.15. The molecule has 1 amide bonds. The third-order valence-corrected chi connectivity index (χ3v) is 4.96. The van der Waals surface area contributed by atoms with Gasteiger partial charge in [-0.1, -0.05) is 24.3 Å². The molecule has 3 aromatic rings. The highest BCUT2D eigenvalue weighted by Crippen LogP contribution is 2.24. The van der Waals surface area contributed by atoms with E-state index in [0.717, 1.165) is 24.0 Å². The van der Waals surface area contributed by atoms with Crippen molar-refractivity contribution in [2.75, 3.05) is 24.8 Å². The summed E-state index contributed by atoms with van der Waals surface area (Å²) >= 11 is 0. The molecular formula is C25H23F3N2O4. The van der Waals surface area contributed by atoms with Crippen LogP contribution in [-0.2, 0) is 17.6 Å². The van der Waals surface area contributed by atoms with Gasteiger partial charge in [-0.15, -0.1) is 0 Å². The number of halogens is 3. The number of carbonyl (C=O) groups excluding carboxylic acids is 2. The zero-order chi connectivity index (χ0) is 24.7. The molecule has 6 nitrogen and oxygen atoms in total. The minimum absolute atomic E-state index is 0.0131. The summed E-state index contributed by atoms with van der Waals surface area (Å²) < 4.78 is 46.5. The Bertz CT molecular complexity index is 1140. The molecule has 3 rings (SSSR count). The molecule has 3 N–H and O–H groups in total. The van der Waals surface area contributed by atoms with E-state index in [1.165, 1.54) is 25.3 Å². The SMILES string of the molecule is COC(=O)c1ccc(CCc2ccc(NC(=O)c3cc(OCC(F)(F)F)ccc3N)cc2)cc1. The molecule has 9 heteroatoms. The van der Waals surface area contributed by atoms with Crippen molar-refractivity contribution in [2.45, 2.75) is 19.0 Å². The van der Waals surface area contributed by atoms with Crippen LogP contribution in [0.4, 0.5) is 24.5 Å². The third-order valence-electron chi connectivity index (χ3n) is 4.96. The van der Waals surface area contributed by atoms with Gasteiger partial charge in [-0.25, -0.2) is 4.79 Å². The number of amides is 1. The number of hydrogen-bond acceptors (Lipinski definition) is 5. The quantitative estimate of drug-likeness (QED) is 0.354. The monoisotopic (exact) mass is 472 g/mol. The zero-order valence-corrected chi connectivity index (χ0v) is 18.3. The highest BCUT2D eigenvalue weighted by atomic mass is 19.4. The molecule has 3 aromatic carbocycles. The van der Waals surface area contributed by atoms with Gasteiger partial charge in [-0.05, 0) is 66.4 Å².